The molecule has 35 heavy (non-hydrogen) atoms. The second-order valence-electron chi connectivity index (χ2n) is 10.7. The van der Waals surface area contributed by atoms with E-state index >= 15 is 0 Å². The van der Waals surface area contributed by atoms with Crippen LogP contribution in [0.5, 0.6) is 0 Å². The van der Waals surface area contributed by atoms with E-state index in [0.717, 1.165) is 38.5 Å². The van der Waals surface area contributed by atoms with E-state index in [4.69, 9.17) is 4.74 Å². The minimum absolute atomic E-state index is 0.0504. The van der Waals surface area contributed by atoms with Crippen molar-refractivity contribution >= 4 is 11.8 Å². The van der Waals surface area contributed by atoms with Crippen LogP contribution in [0.25, 0.3) is 0 Å². The number of carbonyl (C=O) groups excluding carboxylic acids is 2. The van der Waals surface area contributed by atoms with Crippen LogP contribution in [0.4, 0.5) is 0 Å². The van der Waals surface area contributed by atoms with E-state index in [-0.39, 0.29) is 5.97 Å². The molecule has 0 radical (unpaired) electrons. The molecule has 0 rings (SSSR count). The van der Waals surface area contributed by atoms with Crippen LogP contribution in [0.15, 0.2) is 0 Å². The third-order valence-electron chi connectivity index (χ3n) is 7.20. The van der Waals surface area contributed by atoms with Gasteiger partial charge in [-0.25, -0.2) is 0 Å². The Kier molecular flexibility index (Phi) is 28.6. The van der Waals surface area contributed by atoms with Gasteiger partial charge < -0.3 is 4.74 Å². The highest BCUT2D eigenvalue weighted by atomic mass is 16.5. The molecule has 0 saturated heterocycles. The Balaban J connectivity index is 3.18. The molecule has 0 unspecified atom stereocenters. The third-order valence-corrected chi connectivity index (χ3v) is 7.20. The van der Waals surface area contributed by atoms with Gasteiger partial charge in [0.1, 0.15) is 5.78 Å². The highest BCUT2D eigenvalue weighted by Crippen LogP contribution is 2.15. The second-order valence-corrected chi connectivity index (χ2v) is 10.7. The summed E-state index contributed by atoms with van der Waals surface area (Å²) in [6.45, 7) is 4.63. The molecule has 3 heteroatoms. The first-order valence-corrected chi connectivity index (χ1v) is 15.9. The molecule has 3 nitrogen and oxygen atoms in total. The molecule has 0 fully saturated rings. The van der Waals surface area contributed by atoms with Crippen molar-refractivity contribution in [3.63, 3.8) is 0 Å². The number of Topliss-reactive ketones (excluding diaryl/α,β-unsaturated/α-hetero) is 1. The zero-order chi connectivity index (χ0) is 25.7. The summed E-state index contributed by atoms with van der Waals surface area (Å²) in [6.07, 6.45) is 33.5. The van der Waals surface area contributed by atoms with Gasteiger partial charge in [-0.2, -0.15) is 0 Å². The quantitative estimate of drug-likeness (QED) is 0.0767. The Morgan fingerprint density at radius 3 is 1.00 bits per heavy atom. The minimum Gasteiger partial charge on any atom is -0.466 e. The van der Waals surface area contributed by atoms with Gasteiger partial charge in [-0.05, 0) is 26.2 Å². The van der Waals surface area contributed by atoms with Crippen molar-refractivity contribution in [2.45, 2.75) is 187 Å². The summed E-state index contributed by atoms with van der Waals surface area (Å²) in [5.74, 6) is 0.442. The normalized spacial score (nSPS) is 11.1. The molecule has 0 amide bonds. The van der Waals surface area contributed by atoms with Crippen LogP contribution in [0.3, 0.4) is 0 Å². The average Bonchev–Trinajstić information content (AvgIpc) is 2.85. The van der Waals surface area contributed by atoms with Gasteiger partial charge in [0.2, 0.25) is 0 Å². The zero-order valence-corrected chi connectivity index (χ0v) is 24.0. The zero-order valence-electron chi connectivity index (χ0n) is 24.0. The van der Waals surface area contributed by atoms with E-state index in [2.05, 4.69) is 6.92 Å². The van der Waals surface area contributed by atoms with E-state index in [9.17, 15) is 9.59 Å². The van der Waals surface area contributed by atoms with Crippen LogP contribution in [0.1, 0.15) is 187 Å². The first-order chi connectivity index (χ1) is 17.2. The lowest BCUT2D eigenvalue weighted by atomic mass is 10.0. The SMILES string of the molecule is CCCCCCCCCCCCCCCCC(=O)CCCCCCCCCCCCC(=O)OCC. The Morgan fingerprint density at radius 1 is 0.400 bits per heavy atom. The summed E-state index contributed by atoms with van der Waals surface area (Å²) >= 11 is 0. The fourth-order valence-electron chi connectivity index (χ4n) is 4.88. The lowest BCUT2D eigenvalue weighted by Gasteiger charge is -2.04. The van der Waals surface area contributed by atoms with E-state index in [0.29, 0.717) is 18.8 Å². The highest BCUT2D eigenvalue weighted by molar-refractivity contribution is 5.78. The molecular weight excluding hydrogens is 432 g/mol. The van der Waals surface area contributed by atoms with Gasteiger partial charge in [0.15, 0.2) is 0 Å². The summed E-state index contributed by atoms with van der Waals surface area (Å²) in [4.78, 5) is 23.3. The van der Waals surface area contributed by atoms with E-state index in [1.807, 2.05) is 6.92 Å². The van der Waals surface area contributed by atoms with Crippen molar-refractivity contribution in [2.24, 2.45) is 0 Å². The molecule has 208 valence electrons. The fraction of sp³-hybridized carbons (Fsp3) is 0.938. The Labute approximate surface area is 219 Å². The van der Waals surface area contributed by atoms with E-state index < -0.39 is 0 Å². The van der Waals surface area contributed by atoms with Gasteiger partial charge in [-0.1, -0.05) is 142 Å². The van der Waals surface area contributed by atoms with Crippen LogP contribution < -0.4 is 0 Å². The smallest absolute Gasteiger partial charge is 0.305 e. The fourth-order valence-corrected chi connectivity index (χ4v) is 4.88. The number of ketones is 1. The molecule has 0 saturated carbocycles. The number of esters is 1. The van der Waals surface area contributed by atoms with Gasteiger partial charge in [-0.15, -0.1) is 0 Å². The molecule has 0 aliphatic rings. The summed E-state index contributed by atoms with van der Waals surface area (Å²) in [6, 6.07) is 0. The van der Waals surface area contributed by atoms with Crippen molar-refractivity contribution in [3.05, 3.63) is 0 Å². The summed E-state index contributed by atoms with van der Waals surface area (Å²) in [7, 11) is 0. The van der Waals surface area contributed by atoms with E-state index in [1.54, 1.807) is 0 Å². The molecule has 0 aromatic heterocycles. The number of hydrogen-bond acceptors (Lipinski definition) is 3. The van der Waals surface area contributed by atoms with Gasteiger partial charge in [0, 0.05) is 19.3 Å². The maximum atomic E-state index is 12.1. The molecule has 0 aliphatic carbocycles. The molecule has 0 aliphatic heterocycles. The predicted octanol–water partition coefficient (Wildman–Crippen LogP) is 10.7. The van der Waals surface area contributed by atoms with Crippen LogP contribution in [0, 0.1) is 0 Å². The Hall–Kier alpha value is -0.860. The number of unbranched alkanes of at least 4 members (excludes halogenated alkanes) is 22. The molecule has 0 aromatic rings. The van der Waals surface area contributed by atoms with Crippen molar-refractivity contribution in [3.8, 4) is 0 Å². The number of ether oxygens (including phenoxy) is 1. The lowest BCUT2D eigenvalue weighted by Crippen LogP contribution is -2.03. The molecule has 0 atom stereocenters. The summed E-state index contributed by atoms with van der Waals surface area (Å²) < 4.78 is 4.95. The highest BCUT2D eigenvalue weighted by Gasteiger charge is 2.03. The number of hydrogen-bond donors (Lipinski definition) is 0. The van der Waals surface area contributed by atoms with Crippen molar-refractivity contribution in [1.29, 1.82) is 0 Å². The maximum absolute atomic E-state index is 12.1. The number of carbonyl (C=O) groups is 2. The maximum Gasteiger partial charge on any atom is 0.305 e. The Bertz CT molecular complexity index is 446. The van der Waals surface area contributed by atoms with Gasteiger partial charge in [0.25, 0.3) is 0 Å². The largest absolute Gasteiger partial charge is 0.466 e. The van der Waals surface area contributed by atoms with Crippen LogP contribution >= 0.6 is 0 Å². The molecule has 0 heterocycles. The lowest BCUT2D eigenvalue weighted by molar-refractivity contribution is -0.143. The van der Waals surface area contributed by atoms with Crippen molar-refractivity contribution < 1.29 is 14.3 Å². The molecule has 0 bridgehead atoms. The third kappa shape index (κ3) is 29.3. The van der Waals surface area contributed by atoms with Gasteiger partial charge in [-0.3, -0.25) is 9.59 Å². The van der Waals surface area contributed by atoms with Crippen molar-refractivity contribution in [1.82, 2.24) is 0 Å². The molecule has 0 N–H and O–H groups in total. The van der Waals surface area contributed by atoms with E-state index in [1.165, 1.54) is 128 Å². The van der Waals surface area contributed by atoms with Gasteiger partial charge >= 0.3 is 5.97 Å². The Morgan fingerprint density at radius 2 is 0.686 bits per heavy atom. The van der Waals surface area contributed by atoms with Crippen LogP contribution in [-0.4, -0.2) is 18.4 Å². The summed E-state index contributed by atoms with van der Waals surface area (Å²) in [5, 5.41) is 0. The standard InChI is InChI=1S/C32H62O3/c1-3-5-6-7-8-9-10-11-12-13-16-19-22-25-28-31(33)29-26-23-20-17-14-15-18-21-24-27-30-32(34)35-4-2/h3-30H2,1-2H3. The molecule has 0 spiro atoms. The predicted molar refractivity (Wildman–Crippen MR) is 152 cm³/mol. The van der Waals surface area contributed by atoms with Crippen LogP contribution in [0.2, 0.25) is 0 Å². The first-order valence-electron chi connectivity index (χ1n) is 15.9. The second kappa shape index (κ2) is 29.4. The topological polar surface area (TPSA) is 43.4 Å². The number of rotatable bonds is 29. The molecular formula is C32H62O3. The minimum atomic E-state index is -0.0504. The van der Waals surface area contributed by atoms with Crippen LogP contribution in [-0.2, 0) is 14.3 Å². The molecule has 0 aromatic carbocycles. The van der Waals surface area contributed by atoms with Crippen molar-refractivity contribution in [2.75, 3.05) is 6.61 Å². The summed E-state index contributed by atoms with van der Waals surface area (Å²) in [5.41, 5.74) is 0. The first kappa shape index (κ1) is 34.1. The average molecular weight is 495 g/mol. The monoisotopic (exact) mass is 494 g/mol. The van der Waals surface area contributed by atoms with Gasteiger partial charge in [0.05, 0.1) is 6.61 Å².